The van der Waals surface area contributed by atoms with E-state index in [1.54, 1.807) is 16.4 Å². The van der Waals surface area contributed by atoms with Gasteiger partial charge >= 0.3 is 0 Å². The van der Waals surface area contributed by atoms with E-state index >= 15 is 0 Å². The van der Waals surface area contributed by atoms with Crippen LogP contribution in [0.5, 0.6) is 0 Å². The minimum absolute atomic E-state index is 0.0453. The van der Waals surface area contributed by atoms with Crippen LogP contribution in [0.2, 0.25) is 0 Å². The molecule has 0 radical (unpaired) electrons. The molecule has 7 nitrogen and oxygen atoms in total. The van der Waals surface area contributed by atoms with E-state index in [4.69, 9.17) is 9.97 Å². The molecule has 0 aliphatic carbocycles. The Kier molecular flexibility index (Phi) is 7.00. The maximum absolute atomic E-state index is 13.1. The van der Waals surface area contributed by atoms with Crippen LogP contribution < -0.4 is 5.32 Å². The molecule has 1 saturated heterocycles. The molecule has 8 heteroatoms. The van der Waals surface area contributed by atoms with Crippen molar-refractivity contribution in [3.8, 4) is 0 Å². The van der Waals surface area contributed by atoms with Crippen molar-refractivity contribution in [2.24, 2.45) is 0 Å². The van der Waals surface area contributed by atoms with Gasteiger partial charge in [0, 0.05) is 38.1 Å². The lowest BCUT2D eigenvalue weighted by Crippen LogP contribution is -2.49. The summed E-state index contributed by atoms with van der Waals surface area (Å²) < 4.78 is 27.8. The number of hydrogen-bond donors (Lipinski definition) is 1. The lowest BCUT2D eigenvalue weighted by molar-refractivity contribution is 0.141. The van der Waals surface area contributed by atoms with Crippen LogP contribution in [-0.4, -0.2) is 53.8 Å². The molecule has 1 N–H and O–H groups in total. The predicted octanol–water partition coefficient (Wildman–Crippen LogP) is 4.62. The maximum atomic E-state index is 13.1. The van der Waals surface area contributed by atoms with Crippen LogP contribution in [0.15, 0.2) is 83.8 Å². The molecule has 3 aromatic carbocycles. The van der Waals surface area contributed by atoms with Gasteiger partial charge in [-0.3, -0.25) is 4.90 Å². The summed E-state index contributed by atoms with van der Waals surface area (Å²) in [6.07, 6.45) is 0. The van der Waals surface area contributed by atoms with Crippen LogP contribution in [0, 0.1) is 6.92 Å². The minimum atomic E-state index is -3.50. The van der Waals surface area contributed by atoms with Crippen LogP contribution >= 0.6 is 0 Å². The van der Waals surface area contributed by atoms with Crippen molar-refractivity contribution in [2.75, 3.05) is 31.5 Å². The number of piperazine rings is 1. The Morgan fingerprint density at radius 1 is 0.861 bits per heavy atom. The Morgan fingerprint density at radius 2 is 1.53 bits per heavy atom. The van der Waals surface area contributed by atoms with Gasteiger partial charge in [-0.1, -0.05) is 60.2 Å². The summed E-state index contributed by atoms with van der Waals surface area (Å²) in [5.41, 5.74) is 3.12. The quantitative estimate of drug-likeness (QED) is 0.398. The van der Waals surface area contributed by atoms with Crippen LogP contribution in [0.3, 0.4) is 0 Å². The first-order chi connectivity index (χ1) is 17.4. The second-order valence-electron chi connectivity index (χ2n) is 9.22. The highest BCUT2D eigenvalue weighted by molar-refractivity contribution is 7.89. The molecule has 4 aromatic rings. The Balaban J connectivity index is 1.32. The zero-order valence-corrected chi connectivity index (χ0v) is 21.4. The summed E-state index contributed by atoms with van der Waals surface area (Å²) >= 11 is 0. The molecule has 1 fully saturated rings. The lowest BCUT2D eigenvalue weighted by atomic mass is 10.2. The molecular weight excluding hydrogens is 470 g/mol. The molecule has 36 heavy (non-hydrogen) atoms. The Labute approximate surface area is 212 Å². The van der Waals surface area contributed by atoms with Crippen LogP contribution in [0.4, 0.5) is 5.82 Å². The number of nitrogens with zero attached hydrogens (tertiary/aromatic N) is 4. The molecule has 5 rings (SSSR count). The monoisotopic (exact) mass is 501 g/mol. The van der Waals surface area contributed by atoms with Crippen LogP contribution in [-0.2, 0) is 16.6 Å². The van der Waals surface area contributed by atoms with E-state index in [-0.39, 0.29) is 6.04 Å². The van der Waals surface area contributed by atoms with E-state index in [9.17, 15) is 8.42 Å². The number of para-hydroxylation sites is 1. The average Bonchev–Trinajstić information content (AvgIpc) is 2.92. The molecule has 2 heterocycles. The van der Waals surface area contributed by atoms with Gasteiger partial charge in [0.1, 0.15) is 11.6 Å². The fourth-order valence-corrected chi connectivity index (χ4v) is 5.97. The summed E-state index contributed by atoms with van der Waals surface area (Å²) in [4.78, 5) is 12.4. The van der Waals surface area contributed by atoms with Crippen molar-refractivity contribution in [2.45, 2.75) is 31.3 Å². The van der Waals surface area contributed by atoms with Crippen molar-refractivity contribution in [1.82, 2.24) is 19.2 Å². The number of benzene rings is 3. The largest absolute Gasteiger partial charge is 0.365 e. The molecular formula is C28H31N5O2S. The van der Waals surface area contributed by atoms with Gasteiger partial charge in [-0.05, 0) is 43.7 Å². The fraction of sp³-hybridized carbons (Fsp3) is 0.286. The van der Waals surface area contributed by atoms with Crippen molar-refractivity contribution in [3.63, 3.8) is 0 Å². The van der Waals surface area contributed by atoms with Gasteiger partial charge in [0.15, 0.2) is 0 Å². The molecule has 0 amide bonds. The van der Waals surface area contributed by atoms with Gasteiger partial charge in [-0.2, -0.15) is 4.31 Å². The first-order valence-corrected chi connectivity index (χ1v) is 13.7. The summed E-state index contributed by atoms with van der Waals surface area (Å²) in [6, 6.07) is 25.3. The van der Waals surface area contributed by atoms with E-state index in [0.29, 0.717) is 37.6 Å². The second kappa shape index (κ2) is 10.3. The number of hydrogen-bond acceptors (Lipinski definition) is 6. The number of rotatable bonds is 7. The van der Waals surface area contributed by atoms with Crippen LogP contribution in [0.25, 0.3) is 10.9 Å². The zero-order valence-electron chi connectivity index (χ0n) is 20.6. The van der Waals surface area contributed by atoms with Gasteiger partial charge in [-0.15, -0.1) is 0 Å². The van der Waals surface area contributed by atoms with E-state index in [2.05, 4.69) is 29.3 Å². The van der Waals surface area contributed by atoms with Gasteiger partial charge in [0.25, 0.3) is 0 Å². The van der Waals surface area contributed by atoms with E-state index in [1.165, 1.54) is 5.56 Å². The SMILES string of the molecule is Cc1ccc(S(=O)(=O)N2CCN([C@@H](C)c3nc(NCc4ccccc4)c4ccccc4n3)CC2)cc1. The number of anilines is 1. The number of nitrogens with one attached hydrogen (secondary N) is 1. The second-order valence-corrected chi connectivity index (χ2v) is 11.2. The summed E-state index contributed by atoms with van der Waals surface area (Å²) in [7, 11) is -3.50. The van der Waals surface area contributed by atoms with Gasteiger partial charge in [0.05, 0.1) is 16.5 Å². The molecule has 1 atom stereocenters. The highest BCUT2D eigenvalue weighted by Gasteiger charge is 2.31. The third-order valence-corrected chi connectivity index (χ3v) is 8.69. The van der Waals surface area contributed by atoms with Crippen molar-refractivity contribution >= 4 is 26.7 Å². The van der Waals surface area contributed by atoms with Crippen molar-refractivity contribution in [3.05, 3.63) is 95.8 Å². The van der Waals surface area contributed by atoms with Gasteiger partial charge in [-0.25, -0.2) is 18.4 Å². The smallest absolute Gasteiger partial charge is 0.243 e. The molecule has 0 spiro atoms. The number of aromatic nitrogens is 2. The zero-order chi connectivity index (χ0) is 25.1. The van der Waals surface area contributed by atoms with Crippen molar-refractivity contribution in [1.29, 1.82) is 0 Å². The molecule has 1 aliphatic heterocycles. The van der Waals surface area contributed by atoms with Crippen molar-refractivity contribution < 1.29 is 8.42 Å². The Morgan fingerprint density at radius 3 is 2.25 bits per heavy atom. The molecule has 1 aliphatic rings. The average molecular weight is 502 g/mol. The van der Waals surface area contributed by atoms with E-state index in [1.807, 2.05) is 61.5 Å². The van der Waals surface area contributed by atoms with Gasteiger partial charge < -0.3 is 5.32 Å². The molecule has 0 unspecified atom stereocenters. The highest BCUT2D eigenvalue weighted by atomic mass is 32.2. The minimum Gasteiger partial charge on any atom is -0.365 e. The standard InChI is InChI=1S/C28H31N5O2S/c1-21-12-14-24(15-13-21)36(34,35)33-18-16-32(17-19-33)22(2)27-30-26-11-7-6-10-25(26)28(31-27)29-20-23-8-4-3-5-9-23/h3-15,22H,16-20H2,1-2H3,(H,29,30,31)/t22-/m0/s1. The topological polar surface area (TPSA) is 78.4 Å². The maximum Gasteiger partial charge on any atom is 0.243 e. The number of fused-ring (bicyclic) bond motifs is 1. The fourth-order valence-electron chi connectivity index (χ4n) is 4.55. The first kappa shape index (κ1) is 24.4. The van der Waals surface area contributed by atoms with E-state index < -0.39 is 10.0 Å². The number of sulfonamides is 1. The summed E-state index contributed by atoms with van der Waals surface area (Å²) in [5, 5.41) is 4.48. The van der Waals surface area contributed by atoms with Gasteiger partial charge in [0.2, 0.25) is 10.0 Å². The third kappa shape index (κ3) is 5.11. The number of aryl methyl sites for hydroxylation is 1. The highest BCUT2D eigenvalue weighted by Crippen LogP contribution is 2.27. The predicted molar refractivity (Wildman–Crippen MR) is 143 cm³/mol. The summed E-state index contributed by atoms with van der Waals surface area (Å²) in [6.45, 7) is 6.83. The van der Waals surface area contributed by atoms with E-state index in [0.717, 1.165) is 28.1 Å². The molecule has 186 valence electrons. The molecule has 1 aromatic heterocycles. The van der Waals surface area contributed by atoms with Crippen LogP contribution in [0.1, 0.15) is 29.9 Å². The first-order valence-electron chi connectivity index (χ1n) is 12.3. The molecule has 0 saturated carbocycles. The third-order valence-electron chi connectivity index (χ3n) is 6.78. The normalized spacial score (nSPS) is 16.2. The summed E-state index contributed by atoms with van der Waals surface area (Å²) in [5.74, 6) is 1.55. The molecule has 0 bridgehead atoms. The Hall–Kier alpha value is -3.33. The lowest BCUT2D eigenvalue weighted by Gasteiger charge is -2.36. The Bertz CT molecular complexity index is 1430.